The van der Waals surface area contributed by atoms with E-state index in [9.17, 15) is 4.79 Å². The topological polar surface area (TPSA) is 50.8 Å². The lowest BCUT2D eigenvalue weighted by atomic mass is 10.0. The minimum Gasteiger partial charge on any atom is -0.496 e. The molecule has 0 spiro atoms. The van der Waals surface area contributed by atoms with E-state index in [1.54, 1.807) is 19.2 Å². The zero-order valence-electron chi connectivity index (χ0n) is 16.4. The van der Waals surface area contributed by atoms with Gasteiger partial charge in [-0.15, -0.1) is 12.4 Å². The van der Waals surface area contributed by atoms with Gasteiger partial charge in [-0.3, -0.25) is 4.79 Å². The number of halogens is 1. The number of hydrogen-bond donors (Lipinski definition) is 1. The highest BCUT2D eigenvalue weighted by Gasteiger charge is 2.19. The van der Waals surface area contributed by atoms with Crippen LogP contribution >= 0.6 is 12.4 Å². The number of carbonyl (C=O) groups excluding carboxylic acids is 1. The molecule has 1 unspecified atom stereocenters. The lowest BCUT2D eigenvalue weighted by molar-refractivity contribution is 0.0941. The average molecular weight is 393 g/mol. The molecule has 0 aliphatic rings. The molecule has 27 heavy (non-hydrogen) atoms. The van der Waals surface area contributed by atoms with Crippen LogP contribution in [0.25, 0.3) is 0 Å². The molecule has 6 heteroatoms. The van der Waals surface area contributed by atoms with Gasteiger partial charge in [0.2, 0.25) is 0 Å². The highest BCUT2D eigenvalue weighted by atomic mass is 35.5. The Labute approximate surface area is 168 Å². The van der Waals surface area contributed by atoms with Gasteiger partial charge in [-0.05, 0) is 44.8 Å². The molecular formula is C21H29ClN2O3. The van der Waals surface area contributed by atoms with E-state index in [2.05, 4.69) is 17.1 Å². The molecule has 0 heterocycles. The summed E-state index contributed by atoms with van der Waals surface area (Å²) >= 11 is 0. The van der Waals surface area contributed by atoms with Crippen molar-refractivity contribution >= 4 is 18.3 Å². The average Bonchev–Trinajstić information content (AvgIpc) is 2.66. The predicted molar refractivity (Wildman–Crippen MR) is 111 cm³/mol. The number of benzene rings is 2. The Morgan fingerprint density at radius 2 is 1.89 bits per heavy atom. The second-order valence-corrected chi connectivity index (χ2v) is 6.31. The minimum absolute atomic E-state index is 0. The molecule has 0 aliphatic heterocycles. The number of nitrogens with zero attached hydrogens (tertiary/aromatic N) is 1. The number of hydrogen-bond acceptors (Lipinski definition) is 4. The fraction of sp³-hybridized carbons (Fsp3) is 0.381. The summed E-state index contributed by atoms with van der Waals surface area (Å²) in [6.07, 6.45) is 0.930. The fourth-order valence-electron chi connectivity index (χ4n) is 2.75. The summed E-state index contributed by atoms with van der Waals surface area (Å²) in [5.74, 6) is 1.41. The summed E-state index contributed by atoms with van der Waals surface area (Å²) in [7, 11) is 5.64. The maximum Gasteiger partial charge on any atom is 0.251 e. The van der Waals surface area contributed by atoms with Gasteiger partial charge in [0.25, 0.3) is 5.91 Å². The van der Waals surface area contributed by atoms with Crippen molar-refractivity contribution in [2.24, 2.45) is 0 Å². The molecule has 0 bridgehead atoms. The number of carbonyl (C=O) groups is 1. The molecule has 0 aromatic heterocycles. The monoisotopic (exact) mass is 392 g/mol. The van der Waals surface area contributed by atoms with Crippen LogP contribution in [0.2, 0.25) is 0 Å². The molecule has 2 rings (SSSR count). The number of amides is 1. The van der Waals surface area contributed by atoms with Gasteiger partial charge in [0.05, 0.1) is 19.8 Å². The maximum absolute atomic E-state index is 12.6. The van der Waals surface area contributed by atoms with Crippen LogP contribution < -0.4 is 14.8 Å². The van der Waals surface area contributed by atoms with Crippen molar-refractivity contribution in [3.63, 3.8) is 0 Å². The van der Waals surface area contributed by atoms with Crippen molar-refractivity contribution in [1.29, 1.82) is 0 Å². The van der Waals surface area contributed by atoms with E-state index in [1.165, 1.54) is 0 Å². The highest BCUT2D eigenvalue weighted by Crippen LogP contribution is 2.27. The van der Waals surface area contributed by atoms with Gasteiger partial charge in [0.15, 0.2) is 0 Å². The van der Waals surface area contributed by atoms with E-state index in [0.29, 0.717) is 24.5 Å². The van der Waals surface area contributed by atoms with Crippen LogP contribution in [-0.2, 0) is 0 Å². The molecule has 5 nitrogen and oxygen atoms in total. The Hall–Kier alpha value is -2.24. The maximum atomic E-state index is 12.6. The summed E-state index contributed by atoms with van der Waals surface area (Å²) in [5, 5.41) is 3.02. The predicted octanol–water partition coefficient (Wildman–Crippen LogP) is 3.94. The molecule has 0 radical (unpaired) electrons. The third-order valence-electron chi connectivity index (χ3n) is 4.15. The Balaban J connectivity index is 0.00000364. The molecule has 0 fully saturated rings. The fourth-order valence-corrected chi connectivity index (χ4v) is 2.75. The van der Waals surface area contributed by atoms with Gasteiger partial charge in [0.1, 0.15) is 11.5 Å². The van der Waals surface area contributed by atoms with Crippen LogP contribution in [-0.4, -0.2) is 45.2 Å². The van der Waals surface area contributed by atoms with Gasteiger partial charge >= 0.3 is 0 Å². The summed E-state index contributed by atoms with van der Waals surface area (Å²) in [5.41, 5.74) is 1.64. The van der Waals surface area contributed by atoms with Crippen LogP contribution in [0.3, 0.4) is 0 Å². The molecule has 1 atom stereocenters. The second kappa shape index (κ2) is 11.5. The van der Waals surface area contributed by atoms with Gasteiger partial charge in [0, 0.05) is 17.7 Å². The first kappa shape index (κ1) is 22.8. The largest absolute Gasteiger partial charge is 0.496 e. The number of likely N-dealkylation sites (N-methyl/N-ethyl adjacent to an activating group) is 1. The van der Waals surface area contributed by atoms with Crippen LogP contribution in [0, 0.1) is 0 Å². The first-order valence-corrected chi connectivity index (χ1v) is 8.87. The molecule has 1 N–H and O–H groups in total. The Kier molecular flexibility index (Phi) is 9.68. The second-order valence-electron chi connectivity index (χ2n) is 6.31. The first-order chi connectivity index (χ1) is 12.6. The van der Waals surface area contributed by atoms with E-state index < -0.39 is 0 Å². The molecule has 0 saturated carbocycles. The zero-order chi connectivity index (χ0) is 18.9. The van der Waals surface area contributed by atoms with Crippen molar-refractivity contribution in [2.45, 2.75) is 19.4 Å². The zero-order valence-corrected chi connectivity index (χ0v) is 17.2. The van der Waals surface area contributed by atoms with Crippen molar-refractivity contribution < 1.29 is 14.3 Å². The summed E-state index contributed by atoms with van der Waals surface area (Å²) in [6.45, 7) is 3.17. The Bertz CT molecular complexity index is 722. The number of rotatable bonds is 9. The SMILES string of the molecule is CCCOc1cccc(C(=O)NCC(c2ccccc2OC)N(C)C)c1.Cl. The van der Waals surface area contributed by atoms with E-state index in [4.69, 9.17) is 9.47 Å². The Morgan fingerprint density at radius 3 is 2.56 bits per heavy atom. The molecule has 2 aromatic rings. The van der Waals surface area contributed by atoms with Crippen LogP contribution in [0.4, 0.5) is 0 Å². The number of methoxy groups -OCH3 is 1. The number of para-hydroxylation sites is 1. The summed E-state index contributed by atoms with van der Waals surface area (Å²) < 4.78 is 11.1. The van der Waals surface area contributed by atoms with Gasteiger partial charge in [-0.2, -0.15) is 0 Å². The first-order valence-electron chi connectivity index (χ1n) is 8.87. The van der Waals surface area contributed by atoms with Gasteiger partial charge < -0.3 is 19.7 Å². The van der Waals surface area contributed by atoms with Crippen LogP contribution in [0.15, 0.2) is 48.5 Å². The van der Waals surface area contributed by atoms with E-state index in [0.717, 1.165) is 17.7 Å². The summed E-state index contributed by atoms with van der Waals surface area (Å²) in [4.78, 5) is 14.6. The normalized spacial score (nSPS) is 11.4. The smallest absolute Gasteiger partial charge is 0.251 e. The molecular weight excluding hydrogens is 364 g/mol. The van der Waals surface area contributed by atoms with E-state index >= 15 is 0 Å². The van der Waals surface area contributed by atoms with E-state index in [-0.39, 0.29) is 24.4 Å². The van der Waals surface area contributed by atoms with Crippen LogP contribution in [0.1, 0.15) is 35.3 Å². The minimum atomic E-state index is -0.117. The lowest BCUT2D eigenvalue weighted by Crippen LogP contribution is -2.34. The molecule has 0 aliphatic carbocycles. The number of nitrogens with one attached hydrogen (secondary N) is 1. The van der Waals surface area contributed by atoms with Crippen LogP contribution in [0.5, 0.6) is 11.5 Å². The molecule has 2 aromatic carbocycles. The van der Waals surface area contributed by atoms with Crippen molar-refractivity contribution in [1.82, 2.24) is 10.2 Å². The lowest BCUT2D eigenvalue weighted by Gasteiger charge is -2.26. The van der Waals surface area contributed by atoms with Crippen molar-refractivity contribution in [2.75, 3.05) is 34.4 Å². The summed E-state index contributed by atoms with van der Waals surface area (Å²) in [6, 6.07) is 15.2. The Morgan fingerprint density at radius 1 is 1.15 bits per heavy atom. The standard InChI is InChI=1S/C21H28N2O3.ClH/c1-5-13-26-17-10-8-9-16(14-17)21(24)22-15-19(23(2)3)18-11-6-7-12-20(18)25-4;/h6-12,14,19H,5,13,15H2,1-4H3,(H,22,24);1H. The van der Waals surface area contributed by atoms with Crippen molar-refractivity contribution in [3.05, 3.63) is 59.7 Å². The highest BCUT2D eigenvalue weighted by molar-refractivity contribution is 5.94. The van der Waals surface area contributed by atoms with Crippen molar-refractivity contribution in [3.8, 4) is 11.5 Å². The molecule has 0 saturated heterocycles. The van der Waals surface area contributed by atoms with E-state index in [1.807, 2.05) is 50.5 Å². The van der Waals surface area contributed by atoms with Gasteiger partial charge in [-0.25, -0.2) is 0 Å². The number of ether oxygens (including phenoxy) is 2. The molecule has 148 valence electrons. The molecule has 1 amide bonds. The third kappa shape index (κ3) is 6.45. The third-order valence-corrected chi connectivity index (χ3v) is 4.15. The quantitative estimate of drug-likeness (QED) is 0.702. The van der Waals surface area contributed by atoms with Gasteiger partial charge in [-0.1, -0.05) is 31.2 Å².